The molecule has 1 aliphatic heterocycles. The van der Waals surface area contributed by atoms with E-state index in [-0.39, 0.29) is 24.9 Å². The number of hydrogen-bond acceptors (Lipinski definition) is 3. The van der Waals surface area contributed by atoms with Crippen LogP contribution < -0.4 is 5.32 Å². The van der Waals surface area contributed by atoms with Crippen molar-refractivity contribution in [2.24, 2.45) is 11.8 Å². The normalized spacial score (nSPS) is 28.9. The van der Waals surface area contributed by atoms with Gasteiger partial charge in [-0.1, -0.05) is 6.92 Å². The molecule has 0 aromatic carbocycles. The van der Waals surface area contributed by atoms with Crippen LogP contribution in [-0.2, 0) is 14.4 Å². The smallest absolute Gasteiger partial charge is 0.326 e. The molecule has 1 aliphatic carbocycles. The Hall–Kier alpha value is -1.73. The Bertz CT molecular complexity index is 492. The predicted molar refractivity (Wildman–Crippen MR) is 81.4 cm³/mol. The Morgan fingerprint density at radius 3 is 2.46 bits per heavy atom. The van der Waals surface area contributed by atoms with Gasteiger partial charge in [-0.05, 0) is 31.6 Å². The third-order valence-corrected chi connectivity index (χ3v) is 4.98. The number of hydrogen-bond donors (Lipinski definition) is 2. The number of amides is 2. The van der Waals surface area contributed by atoms with Gasteiger partial charge in [-0.15, -0.1) is 0 Å². The van der Waals surface area contributed by atoms with E-state index in [1.54, 1.807) is 4.90 Å². The molecule has 1 saturated carbocycles. The zero-order valence-electron chi connectivity index (χ0n) is 13.7. The molecule has 2 atom stereocenters. The lowest BCUT2D eigenvalue weighted by atomic mass is 9.87. The molecule has 136 valence electrons. The highest BCUT2D eigenvalue weighted by atomic mass is 19.3. The number of alkyl halides is 2. The zero-order chi connectivity index (χ0) is 17.9. The first-order chi connectivity index (χ1) is 11.3. The summed E-state index contributed by atoms with van der Waals surface area (Å²) in [5.74, 6) is -2.27. The first-order valence-electron chi connectivity index (χ1n) is 8.38. The Balaban J connectivity index is 1.91. The van der Waals surface area contributed by atoms with E-state index >= 15 is 0 Å². The van der Waals surface area contributed by atoms with E-state index in [4.69, 9.17) is 5.11 Å². The summed E-state index contributed by atoms with van der Waals surface area (Å²) in [5.41, 5.74) is 0. The second-order valence-electron chi connectivity index (χ2n) is 6.89. The average Bonchev–Trinajstić information content (AvgIpc) is 2.89. The van der Waals surface area contributed by atoms with Gasteiger partial charge in [0.05, 0.1) is 5.92 Å². The van der Waals surface area contributed by atoms with Crippen molar-refractivity contribution in [3.63, 3.8) is 0 Å². The Morgan fingerprint density at radius 1 is 1.29 bits per heavy atom. The topological polar surface area (TPSA) is 86.7 Å². The molecule has 1 heterocycles. The lowest BCUT2D eigenvalue weighted by molar-refractivity contribution is -0.143. The van der Waals surface area contributed by atoms with Gasteiger partial charge >= 0.3 is 5.97 Å². The van der Waals surface area contributed by atoms with Crippen LogP contribution in [0.25, 0.3) is 0 Å². The first kappa shape index (κ1) is 18.6. The van der Waals surface area contributed by atoms with Crippen molar-refractivity contribution in [1.82, 2.24) is 10.2 Å². The second kappa shape index (κ2) is 7.90. The summed E-state index contributed by atoms with van der Waals surface area (Å²) in [5, 5.41) is 11.1. The number of carbonyl (C=O) groups excluding carboxylic acids is 2. The van der Waals surface area contributed by atoms with Gasteiger partial charge in [-0.2, -0.15) is 0 Å². The van der Waals surface area contributed by atoms with E-state index < -0.39 is 36.7 Å². The molecule has 0 aromatic heterocycles. The quantitative estimate of drug-likeness (QED) is 0.765. The minimum atomic E-state index is -2.82. The maximum Gasteiger partial charge on any atom is 0.326 e. The summed E-state index contributed by atoms with van der Waals surface area (Å²) in [4.78, 5) is 37.0. The summed E-state index contributed by atoms with van der Waals surface area (Å²) in [7, 11) is 0. The summed E-state index contributed by atoms with van der Waals surface area (Å²) >= 11 is 0. The Labute approximate surface area is 139 Å². The lowest BCUT2D eigenvalue weighted by Crippen LogP contribution is -2.45. The van der Waals surface area contributed by atoms with Gasteiger partial charge in [-0.3, -0.25) is 9.59 Å². The number of carboxylic acid groups (broad SMARTS) is 1. The van der Waals surface area contributed by atoms with Crippen LogP contribution in [0, 0.1) is 11.8 Å². The third-order valence-electron chi connectivity index (χ3n) is 4.98. The zero-order valence-corrected chi connectivity index (χ0v) is 13.7. The van der Waals surface area contributed by atoms with Crippen LogP contribution in [-0.4, -0.2) is 52.8 Å². The van der Waals surface area contributed by atoms with Crippen LogP contribution in [0.15, 0.2) is 0 Å². The molecule has 2 fully saturated rings. The SMILES string of the molecule is CC1CCC(N2CC(C(=O)NC(CC(F)F)C(=O)O)CC2=O)CC1. The summed E-state index contributed by atoms with van der Waals surface area (Å²) in [6.07, 6.45) is 0.152. The number of rotatable bonds is 6. The number of halogens is 2. The van der Waals surface area contributed by atoms with Crippen molar-refractivity contribution < 1.29 is 28.3 Å². The number of nitrogens with zero attached hydrogens (tertiary/aromatic N) is 1. The number of carbonyl (C=O) groups is 3. The van der Waals surface area contributed by atoms with Crippen molar-refractivity contribution in [3.05, 3.63) is 0 Å². The van der Waals surface area contributed by atoms with Crippen LogP contribution >= 0.6 is 0 Å². The van der Waals surface area contributed by atoms with E-state index in [0.29, 0.717) is 5.92 Å². The largest absolute Gasteiger partial charge is 0.480 e. The van der Waals surface area contributed by atoms with E-state index in [2.05, 4.69) is 12.2 Å². The monoisotopic (exact) mass is 346 g/mol. The Kier molecular flexibility index (Phi) is 6.12. The van der Waals surface area contributed by atoms with Gasteiger partial charge in [0.2, 0.25) is 18.2 Å². The first-order valence-corrected chi connectivity index (χ1v) is 8.38. The van der Waals surface area contributed by atoms with Crippen LogP contribution in [0.4, 0.5) is 8.78 Å². The molecular weight excluding hydrogens is 322 g/mol. The van der Waals surface area contributed by atoms with Gasteiger partial charge in [-0.25, -0.2) is 13.6 Å². The number of nitrogens with one attached hydrogen (secondary N) is 1. The maximum atomic E-state index is 12.4. The van der Waals surface area contributed by atoms with Crippen molar-refractivity contribution >= 4 is 17.8 Å². The molecular formula is C16H24F2N2O4. The van der Waals surface area contributed by atoms with Crippen LogP contribution in [0.1, 0.15) is 45.4 Å². The fraction of sp³-hybridized carbons (Fsp3) is 0.812. The van der Waals surface area contributed by atoms with Gasteiger partial charge < -0.3 is 15.3 Å². The van der Waals surface area contributed by atoms with E-state index in [0.717, 1.165) is 25.7 Å². The number of likely N-dealkylation sites (tertiary alicyclic amines) is 1. The molecule has 2 amide bonds. The maximum absolute atomic E-state index is 12.4. The second-order valence-corrected chi connectivity index (χ2v) is 6.89. The highest BCUT2D eigenvalue weighted by molar-refractivity contribution is 5.91. The molecule has 1 saturated heterocycles. The molecule has 2 aliphatic rings. The lowest BCUT2D eigenvalue weighted by Gasteiger charge is -2.33. The van der Waals surface area contributed by atoms with Crippen molar-refractivity contribution in [3.8, 4) is 0 Å². The van der Waals surface area contributed by atoms with Crippen molar-refractivity contribution in [2.45, 2.75) is 64.0 Å². The molecule has 2 unspecified atom stereocenters. The molecule has 2 rings (SSSR count). The van der Waals surface area contributed by atoms with Crippen LogP contribution in [0.3, 0.4) is 0 Å². The van der Waals surface area contributed by atoms with E-state index in [1.165, 1.54) is 0 Å². The molecule has 0 spiro atoms. The molecule has 2 N–H and O–H groups in total. The highest BCUT2D eigenvalue weighted by Crippen LogP contribution is 2.31. The fourth-order valence-electron chi connectivity index (χ4n) is 3.50. The summed E-state index contributed by atoms with van der Waals surface area (Å²) < 4.78 is 24.8. The summed E-state index contributed by atoms with van der Waals surface area (Å²) in [6.45, 7) is 2.41. The van der Waals surface area contributed by atoms with Crippen LogP contribution in [0.5, 0.6) is 0 Å². The fourth-order valence-corrected chi connectivity index (χ4v) is 3.50. The number of carboxylic acids is 1. The molecule has 8 heteroatoms. The molecule has 0 bridgehead atoms. The number of aliphatic carboxylic acids is 1. The molecule has 0 aromatic rings. The molecule has 0 radical (unpaired) electrons. The van der Waals surface area contributed by atoms with Gasteiger partial charge in [0.1, 0.15) is 6.04 Å². The van der Waals surface area contributed by atoms with Crippen molar-refractivity contribution in [2.75, 3.05) is 6.54 Å². The predicted octanol–water partition coefficient (Wildman–Crippen LogP) is 1.64. The van der Waals surface area contributed by atoms with Crippen molar-refractivity contribution in [1.29, 1.82) is 0 Å². The molecule has 6 nitrogen and oxygen atoms in total. The van der Waals surface area contributed by atoms with Gasteiger partial charge in [0.15, 0.2) is 0 Å². The Morgan fingerprint density at radius 2 is 1.92 bits per heavy atom. The summed E-state index contributed by atoms with van der Waals surface area (Å²) in [6, 6.07) is -1.50. The van der Waals surface area contributed by atoms with Gasteiger partial charge in [0, 0.05) is 25.4 Å². The van der Waals surface area contributed by atoms with E-state index in [1.807, 2.05) is 0 Å². The third kappa shape index (κ3) is 4.64. The average molecular weight is 346 g/mol. The minimum absolute atomic E-state index is 0.0128. The molecule has 24 heavy (non-hydrogen) atoms. The van der Waals surface area contributed by atoms with E-state index in [9.17, 15) is 23.2 Å². The minimum Gasteiger partial charge on any atom is -0.480 e. The van der Waals surface area contributed by atoms with Crippen LogP contribution in [0.2, 0.25) is 0 Å². The highest BCUT2D eigenvalue weighted by Gasteiger charge is 2.39. The standard InChI is InChI=1S/C16H24F2N2O4/c1-9-2-4-11(5-3-9)20-8-10(6-14(20)21)15(22)19-12(16(23)24)7-13(17)18/h9-13H,2-8H2,1H3,(H,19,22)(H,23,24). The van der Waals surface area contributed by atoms with Gasteiger partial charge in [0.25, 0.3) is 0 Å².